The Labute approximate surface area is 103 Å². The van der Waals surface area contributed by atoms with Crippen molar-refractivity contribution in [2.24, 2.45) is 5.73 Å². The molecule has 2 rings (SSSR count). The summed E-state index contributed by atoms with van der Waals surface area (Å²) in [6.07, 6.45) is 4.41. The van der Waals surface area contributed by atoms with E-state index in [1.54, 1.807) is 6.20 Å². The molecular formula is C13H21N3O. The monoisotopic (exact) mass is 235 g/mol. The van der Waals surface area contributed by atoms with Crippen LogP contribution in [0.1, 0.15) is 31.5 Å². The molecule has 17 heavy (non-hydrogen) atoms. The van der Waals surface area contributed by atoms with Crippen LogP contribution in [0.3, 0.4) is 0 Å². The van der Waals surface area contributed by atoms with Gasteiger partial charge in [0.1, 0.15) is 12.4 Å². The van der Waals surface area contributed by atoms with Crippen molar-refractivity contribution in [2.45, 2.75) is 31.8 Å². The van der Waals surface area contributed by atoms with E-state index >= 15 is 0 Å². The number of hydrogen-bond donors (Lipinski definition) is 1. The van der Waals surface area contributed by atoms with E-state index < -0.39 is 0 Å². The summed E-state index contributed by atoms with van der Waals surface area (Å²) in [5, 5.41) is 0. The van der Waals surface area contributed by atoms with Gasteiger partial charge in [0.25, 0.3) is 0 Å². The number of rotatable bonds is 6. The highest BCUT2D eigenvalue weighted by molar-refractivity contribution is 5.21. The molecule has 0 bridgehead atoms. The predicted octanol–water partition coefficient (Wildman–Crippen LogP) is 1.57. The Kier molecular flexibility index (Phi) is 3.97. The molecule has 1 aromatic heterocycles. The van der Waals surface area contributed by atoms with Gasteiger partial charge in [-0.3, -0.25) is 4.98 Å². The lowest BCUT2D eigenvalue weighted by Gasteiger charge is -2.15. The Bertz CT molecular complexity index is 346. The Morgan fingerprint density at radius 1 is 1.53 bits per heavy atom. The minimum atomic E-state index is -0.0231. The van der Waals surface area contributed by atoms with Gasteiger partial charge in [-0.25, -0.2) is 0 Å². The van der Waals surface area contributed by atoms with Crippen LogP contribution in [0.4, 0.5) is 0 Å². The van der Waals surface area contributed by atoms with E-state index in [-0.39, 0.29) is 6.04 Å². The molecule has 0 aliphatic heterocycles. The van der Waals surface area contributed by atoms with Gasteiger partial charge in [-0.15, -0.1) is 0 Å². The molecule has 0 saturated heterocycles. The van der Waals surface area contributed by atoms with E-state index in [1.165, 1.54) is 12.8 Å². The van der Waals surface area contributed by atoms with Crippen LogP contribution in [0, 0.1) is 0 Å². The average Bonchev–Trinajstić information content (AvgIpc) is 3.13. The van der Waals surface area contributed by atoms with E-state index in [1.807, 2.05) is 19.1 Å². The van der Waals surface area contributed by atoms with Gasteiger partial charge >= 0.3 is 0 Å². The third kappa shape index (κ3) is 3.68. The lowest BCUT2D eigenvalue weighted by Crippen LogP contribution is -2.26. The van der Waals surface area contributed by atoms with Crippen LogP contribution in [-0.2, 0) is 0 Å². The second-order valence-electron chi connectivity index (χ2n) is 4.77. The van der Waals surface area contributed by atoms with Crippen molar-refractivity contribution < 1.29 is 4.74 Å². The Morgan fingerprint density at radius 3 is 2.82 bits per heavy atom. The SMILES string of the molecule is CC(N)c1ccc(OCCN(C)C2CC2)cn1. The second kappa shape index (κ2) is 5.47. The lowest BCUT2D eigenvalue weighted by atomic mass is 10.2. The van der Waals surface area contributed by atoms with Crippen LogP contribution in [0.15, 0.2) is 18.3 Å². The lowest BCUT2D eigenvalue weighted by molar-refractivity contribution is 0.231. The Hall–Kier alpha value is -1.13. The van der Waals surface area contributed by atoms with Crippen molar-refractivity contribution in [1.29, 1.82) is 0 Å². The molecular weight excluding hydrogens is 214 g/mol. The molecule has 1 aliphatic rings. The van der Waals surface area contributed by atoms with Gasteiger partial charge < -0.3 is 15.4 Å². The topological polar surface area (TPSA) is 51.4 Å². The molecule has 1 aromatic rings. The summed E-state index contributed by atoms with van der Waals surface area (Å²) in [6, 6.07) is 4.62. The van der Waals surface area contributed by atoms with Gasteiger partial charge in [0.2, 0.25) is 0 Å². The fourth-order valence-corrected chi connectivity index (χ4v) is 1.75. The van der Waals surface area contributed by atoms with Crippen molar-refractivity contribution in [3.63, 3.8) is 0 Å². The molecule has 1 atom stereocenters. The van der Waals surface area contributed by atoms with Crippen LogP contribution in [0.5, 0.6) is 5.75 Å². The second-order valence-corrected chi connectivity index (χ2v) is 4.77. The third-order valence-corrected chi connectivity index (χ3v) is 3.11. The molecule has 94 valence electrons. The highest BCUT2D eigenvalue weighted by atomic mass is 16.5. The van der Waals surface area contributed by atoms with Gasteiger partial charge in [0, 0.05) is 18.6 Å². The van der Waals surface area contributed by atoms with Crippen LogP contribution >= 0.6 is 0 Å². The molecule has 1 fully saturated rings. The van der Waals surface area contributed by atoms with Crippen molar-refractivity contribution in [3.05, 3.63) is 24.0 Å². The summed E-state index contributed by atoms with van der Waals surface area (Å²) in [6.45, 7) is 3.61. The largest absolute Gasteiger partial charge is 0.491 e. The molecule has 4 nitrogen and oxygen atoms in total. The van der Waals surface area contributed by atoms with Gasteiger partial charge in [0.15, 0.2) is 0 Å². The predicted molar refractivity (Wildman–Crippen MR) is 68.0 cm³/mol. The highest BCUT2D eigenvalue weighted by Gasteiger charge is 2.25. The van der Waals surface area contributed by atoms with Crippen molar-refractivity contribution >= 4 is 0 Å². The van der Waals surface area contributed by atoms with Crippen molar-refractivity contribution in [3.8, 4) is 5.75 Å². The minimum Gasteiger partial charge on any atom is -0.491 e. The average molecular weight is 235 g/mol. The van der Waals surface area contributed by atoms with E-state index in [0.717, 1.165) is 24.0 Å². The van der Waals surface area contributed by atoms with E-state index in [4.69, 9.17) is 10.5 Å². The third-order valence-electron chi connectivity index (χ3n) is 3.11. The zero-order valence-corrected chi connectivity index (χ0v) is 10.6. The van der Waals surface area contributed by atoms with Crippen LogP contribution in [0.2, 0.25) is 0 Å². The summed E-state index contributed by atoms with van der Waals surface area (Å²) < 4.78 is 5.64. The summed E-state index contributed by atoms with van der Waals surface area (Å²) in [7, 11) is 2.15. The maximum atomic E-state index is 5.73. The number of ether oxygens (including phenoxy) is 1. The smallest absolute Gasteiger partial charge is 0.137 e. The number of nitrogens with two attached hydrogens (primary N) is 1. The van der Waals surface area contributed by atoms with Crippen molar-refractivity contribution in [2.75, 3.05) is 20.2 Å². The first-order valence-electron chi connectivity index (χ1n) is 6.21. The Morgan fingerprint density at radius 2 is 2.29 bits per heavy atom. The molecule has 0 aromatic carbocycles. The standard InChI is InChI=1S/C13H21N3O/c1-10(14)13-6-5-12(9-15-13)17-8-7-16(2)11-3-4-11/h5-6,9-11H,3-4,7-8,14H2,1-2H3. The summed E-state index contributed by atoms with van der Waals surface area (Å²) >= 11 is 0. The molecule has 0 amide bonds. The maximum absolute atomic E-state index is 5.73. The molecule has 0 spiro atoms. The van der Waals surface area contributed by atoms with Crippen LogP contribution in [0.25, 0.3) is 0 Å². The van der Waals surface area contributed by atoms with E-state index in [9.17, 15) is 0 Å². The summed E-state index contributed by atoms with van der Waals surface area (Å²) in [5.41, 5.74) is 6.63. The van der Waals surface area contributed by atoms with Gasteiger partial charge in [0.05, 0.1) is 11.9 Å². The van der Waals surface area contributed by atoms with Gasteiger partial charge in [-0.05, 0) is 38.9 Å². The number of aromatic nitrogens is 1. The quantitative estimate of drug-likeness (QED) is 0.813. The first kappa shape index (κ1) is 12.3. The summed E-state index contributed by atoms with van der Waals surface area (Å²) in [4.78, 5) is 6.61. The molecule has 0 radical (unpaired) electrons. The number of likely N-dealkylation sites (N-methyl/N-ethyl adjacent to an activating group) is 1. The first-order chi connectivity index (χ1) is 8.16. The van der Waals surface area contributed by atoms with Gasteiger partial charge in [-0.1, -0.05) is 0 Å². The minimum absolute atomic E-state index is 0.0231. The molecule has 1 aliphatic carbocycles. The first-order valence-corrected chi connectivity index (χ1v) is 6.21. The number of hydrogen-bond acceptors (Lipinski definition) is 4. The molecule has 1 heterocycles. The number of nitrogens with zero attached hydrogens (tertiary/aromatic N) is 2. The molecule has 2 N–H and O–H groups in total. The molecule has 1 unspecified atom stereocenters. The number of pyridine rings is 1. The van der Waals surface area contributed by atoms with Crippen LogP contribution < -0.4 is 10.5 Å². The van der Waals surface area contributed by atoms with E-state index in [2.05, 4.69) is 16.9 Å². The zero-order chi connectivity index (χ0) is 12.3. The Balaban J connectivity index is 1.74. The van der Waals surface area contributed by atoms with Crippen molar-refractivity contribution in [1.82, 2.24) is 9.88 Å². The van der Waals surface area contributed by atoms with Gasteiger partial charge in [-0.2, -0.15) is 0 Å². The van der Waals surface area contributed by atoms with Crippen LogP contribution in [-0.4, -0.2) is 36.1 Å². The molecule has 4 heteroatoms. The zero-order valence-electron chi connectivity index (χ0n) is 10.6. The normalized spacial score (nSPS) is 17.2. The fraction of sp³-hybridized carbons (Fsp3) is 0.615. The fourth-order valence-electron chi connectivity index (χ4n) is 1.75. The highest BCUT2D eigenvalue weighted by Crippen LogP contribution is 2.24. The maximum Gasteiger partial charge on any atom is 0.137 e. The summed E-state index contributed by atoms with van der Waals surface area (Å²) in [5.74, 6) is 0.818. The van der Waals surface area contributed by atoms with E-state index in [0.29, 0.717) is 6.61 Å². The molecule has 1 saturated carbocycles.